The lowest BCUT2D eigenvalue weighted by Gasteiger charge is -2.23. The summed E-state index contributed by atoms with van der Waals surface area (Å²) in [7, 11) is 3.26. The number of hydrogen-bond donors (Lipinski definition) is 0. The zero-order chi connectivity index (χ0) is 24.6. The predicted octanol–water partition coefficient (Wildman–Crippen LogP) is 5.20. The lowest BCUT2D eigenvalue weighted by Crippen LogP contribution is -2.27. The average molecular weight is 461 g/mol. The van der Waals surface area contributed by atoms with Gasteiger partial charge in [-0.3, -0.25) is 9.25 Å². The molecule has 2 aromatic heterocycles. The standard InChI is InChI=1S/C26H28N4O4/c1-16-11-22(33-6)23(19-9-10-29(24(16)19)25(31)34-26(2,3)4)21(15-32-5)30-14-18-8-7-17(13-27)12-20(18)28-30/h7-12,14,21H,15H2,1-6H3. The molecule has 8 nitrogen and oxygen atoms in total. The Bertz CT molecular complexity index is 1420. The van der Waals surface area contributed by atoms with Crippen LogP contribution in [0.5, 0.6) is 5.75 Å². The molecule has 0 amide bonds. The maximum atomic E-state index is 12.9. The number of carbonyl (C=O) groups is 1. The molecule has 0 aliphatic rings. The molecule has 2 heterocycles. The normalized spacial score (nSPS) is 12.6. The highest BCUT2D eigenvalue weighted by atomic mass is 16.6. The van der Waals surface area contributed by atoms with E-state index in [0.717, 1.165) is 27.4 Å². The first-order valence-corrected chi connectivity index (χ1v) is 11.0. The van der Waals surface area contributed by atoms with E-state index in [2.05, 4.69) is 6.07 Å². The molecular weight excluding hydrogens is 432 g/mol. The number of hydrogen-bond acceptors (Lipinski definition) is 6. The average Bonchev–Trinajstić information content (AvgIpc) is 3.41. The number of nitrogens with zero attached hydrogens (tertiary/aromatic N) is 4. The van der Waals surface area contributed by atoms with E-state index in [1.807, 2.05) is 56.8 Å². The first kappa shape index (κ1) is 23.3. The monoisotopic (exact) mass is 460 g/mol. The lowest BCUT2D eigenvalue weighted by atomic mass is 9.99. The Kier molecular flexibility index (Phi) is 6.07. The Labute approximate surface area is 198 Å². The number of methoxy groups -OCH3 is 2. The largest absolute Gasteiger partial charge is 0.496 e. The topological polar surface area (TPSA) is 91.3 Å². The molecule has 0 aliphatic carbocycles. The van der Waals surface area contributed by atoms with Gasteiger partial charge in [0.2, 0.25) is 0 Å². The second-order valence-corrected chi connectivity index (χ2v) is 9.20. The fourth-order valence-electron chi connectivity index (χ4n) is 4.22. The van der Waals surface area contributed by atoms with Crippen LogP contribution in [0.1, 0.15) is 43.5 Å². The van der Waals surface area contributed by atoms with Crippen LogP contribution in [-0.2, 0) is 9.47 Å². The van der Waals surface area contributed by atoms with Crippen molar-refractivity contribution in [3.05, 3.63) is 59.4 Å². The minimum absolute atomic E-state index is 0.325. The summed E-state index contributed by atoms with van der Waals surface area (Å²) in [6, 6.07) is 11.0. The summed E-state index contributed by atoms with van der Waals surface area (Å²) in [6.07, 6.45) is 3.20. The van der Waals surface area contributed by atoms with Crippen LogP contribution in [0, 0.1) is 18.3 Å². The highest BCUT2D eigenvalue weighted by molar-refractivity contribution is 5.95. The molecule has 34 heavy (non-hydrogen) atoms. The van der Waals surface area contributed by atoms with Gasteiger partial charge < -0.3 is 14.2 Å². The summed E-state index contributed by atoms with van der Waals surface area (Å²) < 4.78 is 20.3. The summed E-state index contributed by atoms with van der Waals surface area (Å²) in [6.45, 7) is 7.78. The molecule has 0 spiro atoms. The summed E-state index contributed by atoms with van der Waals surface area (Å²) in [5.41, 5.74) is 3.12. The molecule has 0 radical (unpaired) electrons. The van der Waals surface area contributed by atoms with Gasteiger partial charge in [0, 0.05) is 35.8 Å². The van der Waals surface area contributed by atoms with Crippen molar-refractivity contribution in [2.75, 3.05) is 20.8 Å². The van der Waals surface area contributed by atoms with Gasteiger partial charge in [-0.15, -0.1) is 0 Å². The lowest BCUT2D eigenvalue weighted by molar-refractivity contribution is 0.0544. The Morgan fingerprint density at radius 1 is 1.21 bits per heavy atom. The van der Waals surface area contributed by atoms with Gasteiger partial charge in [-0.1, -0.05) is 0 Å². The van der Waals surface area contributed by atoms with Crippen LogP contribution in [0.3, 0.4) is 0 Å². The van der Waals surface area contributed by atoms with Gasteiger partial charge in [0.25, 0.3) is 0 Å². The zero-order valence-corrected chi connectivity index (χ0v) is 20.2. The number of carbonyl (C=O) groups excluding carboxylic acids is 1. The summed E-state index contributed by atoms with van der Waals surface area (Å²) in [5.74, 6) is 0.672. The zero-order valence-electron chi connectivity index (χ0n) is 20.2. The molecule has 4 rings (SSSR count). The Hall–Kier alpha value is -3.83. The minimum Gasteiger partial charge on any atom is -0.496 e. The summed E-state index contributed by atoms with van der Waals surface area (Å²) >= 11 is 0. The number of nitriles is 1. The van der Waals surface area contributed by atoms with Crippen LogP contribution >= 0.6 is 0 Å². The van der Waals surface area contributed by atoms with E-state index in [1.54, 1.807) is 32.5 Å². The number of fused-ring (bicyclic) bond motifs is 2. The molecule has 0 saturated heterocycles. The highest BCUT2D eigenvalue weighted by Crippen LogP contribution is 2.38. The third-order valence-electron chi connectivity index (χ3n) is 5.60. The quantitative estimate of drug-likeness (QED) is 0.407. The third-order valence-corrected chi connectivity index (χ3v) is 5.60. The second-order valence-electron chi connectivity index (χ2n) is 9.20. The predicted molar refractivity (Wildman–Crippen MR) is 129 cm³/mol. The molecule has 0 fully saturated rings. The SMILES string of the molecule is COCC(c1c(OC)cc(C)c2c1ccn2C(=O)OC(C)(C)C)n1cc2ccc(C#N)cc2n1. The van der Waals surface area contributed by atoms with Crippen molar-refractivity contribution in [3.63, 3.8) is 0 Å². The maximum absolute atomic E-state index is 12.9. The Balaban J connectivity index is 1.92. The van der Waals surface area contributed by atoms with E-state index in [4.69, 9.17) is 19.3 Å². The van der Waals surface area contributed by atoms with Crippen molar-refractivity contribution < 1.29 is 19.0 Å². The fraction of sp³-hybridized carbons (Fsp3) is 0.346. The number of ether oxygens (including phenoxy) is 3. The second kappa shape index (κ2) is 8.84. The molecule has 0 aliphatic heterocycles. The van der Waals surface area contributed by atoms with Gasteiger partial charge in [-0.25, -0.2) is 4.79 Å². The van der Waals surface area contributed by atoms with Gasteiger partial charge in [-0.05, 0) is 63.6 Å². The molecule has 0 bridgehead atoms. The first-order chi connectivity index (χ1) is 16.2. The number of aromatic nitrogens is 3. The first-order valence-electron chi connectivity index (χ1n) is 11.0. The van der Waals surface area contributed by atoms with E-state index in [1.165, 1.54) is 4.57 Å². The molecule has 4 aromatic rings. The smallest absolute Gasteiger partial charge is 0.419 e. The maximum Gasteiger partial charge on any atom is 0.419 e. The van der Waals surface area contributed by atoms with Gasteiger partial charge in [0.15, 0.2) is 0 Å². The number of aryl methyl sites for hydroxylation is 1. The van der Waals surface area contributed by atoms with Crippen molar-refractivity contribution >= 4 is 27.9 Å². The van der Waals surface area contributed by atoms with E-state index < -0.39 is 11.7 Å². The van der Waals surface area contributed by atoms with Gasteiger partial charge in [0.1, 0.15) is 17.4 Å². The third kappa shape index (κ3) is 4.22. The van der Waals surface area contributed by atoms with Crippen molar-refractivity contribution in [2.45, 2.75) is 39.3 Å². The van der Waals surface area contributed by atoms with E-state index in [-0.39, 0.29) is 6.04 Å². The Morgan fingerprint density at radius 3 is 2.62 bits per heavy atom. The molecule has 1 unspecified atom stereocenters. The van der Waals surface area contributed by atoms with Crippen molar-refractivity contribution in [3.8, 4) is 11.8 Å². The molecule has 0 saturated carbocycles. The molecule has 176 valence electrons. The summed E-state index contributed by atoms with van der Waals surface area (Å²) in [4.78, 5) is 12.9. The van der Waals surface area contributed by atoms with Gasteiger partial charge >= 0.3 is 6.09 Å². The molecule has 1 atom stereocenters. The van der Waals surface area contributed by atoms with Crippen molar-refractivity contribution in [1.82, 2.24) is 14.3 Å². The summed E-state index contributed by atoms with van der Waals surface area (Å²) in [5, 5.41) is 15.7. The minimum atomic E-state index is -0.618. The van der Waals surface area contributed by atoms with Crippen molar-refractivity contribution in [2.24, 2.45) is 0 Å². The molecule has 0 N–H and O–H groups in total. The van der Waals surface area contributed by atoms with Crippen molar-refractivity contribution in [1.29, 1.82) is 5.26 Å². The van der Waals surface area contributed by atoms with Crippen LogP contribution in [-0.4, -0.2) is 46.9 Å². The highest BCUT2D eigenvalue weighted by Gasteiger charge is 2.27. The van der Waals surface area contributed by atoms with Crippen LogP contribution in [0.2, 0.25) is 0 Å². The molecular formula is C26H28N4O4. The van der Waals surface area contributed by atoms with Gasteiger partial charge in [0.05, 0.1) is 36.4 Å². The van der Waals surface area contributed by atoms with Crippen LogP contribution in [0.25, 0.3) is 21.8 Å². The van der Waals surface area contributed by atoms with Crippen LogP contribution < -0.4 is 4.74 Å². The van der Waals surface area contributed by atoms with E-state index in [0.29, 0.717) is 23.4 Å². The van der Waals surface area contributed by atoms with Crippen LogP contribution in [0.4, 0.5) is 4.79 Å². The number of benzene rings is 2. The molecule has 8 heteroatoms. The fourth-order valence-corrected chi connectivity index (χ4v) is 4.22. The van der Waals surface area contributed by atoms with E-state index in [9.17, 15) is 10.1 Å². The molecule has 2 aromatic carbocycles. The Morgan fingerprint density at radius 2 is 1.97 bits per heavy atom. The van der Waals surface area contributed by atoms with Gasteiger partial charge in [-0.2, -0.15) is 10.4 Å². The van der Waals surface area contributed by atoms with Crippen LogP contribution in [0.15, 0.2) is 42.7 Å². The van der Waals surface area contributed by atoms with E-state index >= 15 is 0 Å². The number of rotatable bonds is 5.